The van der Waals surface area contributed by atoms with E-state index < -0.39 is 17.5 Å². The SMILES string of the molecule is CC(C)(C)OC(=O)Nc1ccc(Br)c(F)c1N. The van der Waals surface area contributed by atoms with Gasteiger partial charge in [-0.2, -0.15) is 0 Å². The van der Waals surface area contributed by atoms with Gasteiger partial charge in [0.05, 0.1) is 15.8 Å². The van der Waals surface area contributed by atoms with Crippen molar-refractivity contribution in [3.8, 4) is 0 Å². The number of hydrogen-bond donors (Lipinski definition) is 2. The molecular weight excluding hydrogens is 291 g/mol. The highest BCUT2D eigenvalue weighted by Crippen LogP contribution is 2.28. The Kier molecular flexibility index (Phi) is 3.98. The number of hydrogen-bond acceptors (Lipinski definition) is 3. The molecule has 0 aliphatic carbocycles. The second kappa shape index (κ2) is 4.91. The number of halogens is 2. The molecule has 0 aliphatic rings. The van der Waals surface area contributed by atoms with Gasteiger partial charge in [0.25, 0.3) is 0 Å². The zero-order valence-corrected chi connectivity index (χ0v) is 11.4. The number of carbonyl (C=O) groups is 1. The van der Waals surface area contributed by atoms with Crippen molar-refractivity contribution in [3.05, 3.63) is 22.4 Å². The topological polar surface area (TPSA) is 64.3 Å². The second-order valence-electron chi connectivity index (χ2n) is 4.45. The van der Waals surface area contributed by atoms with Crippen LogP contribution in [0.1, 0.15) is 20.8 Å². The van der Waals surface area contributed by atoms with Gasteiger partial charge in [0, 0.05) is 0 Å². The van der Waals surface area contributed by atoms with E-state index in [1.165, 1.54) is 12.1 Å². The van der Waals surface area contributed by atoms with Gasteiger partial charge in [-0.3, -0.25) is 5.32 Å². The molecule has 0 aromatic heterocycles. The van der Waals surface area contributed by atoms with Crippen LogP contribution < -0.4 is 11.1 Å². The van der Waals surface area contributed by atoms with Crippen LogP contribution in [0.3, 0.4) is 0 Å². The molecule has 0 fully saturated rings. The Morgan fingerprint density at radius 3 is 2.59 bits per heavy atom. The molecule has 0 atom stereocenters. The van der Waals surface area contributed by atoms with Gasteiger partial charge in [0.2, 0.25) is 0 Å². The molecule has 0 aliphatic heterocycles. The van der Waals surface area contributed by atoms with E-state index in [9.17, 15) is 9.18 Å². The molecule has 0 heterocycles. The van der Waals surface area contributed by atoms with Gasteiger partial charge in [0.15, 0.2) is 5.82 Å². The summed E-state index contributed by atoms with van der Waals surface area (Å²) in [7, 11) is 0. The zero-order valence-electron chi connectivity index (χ0n) is 9.80. The lowest BCUT2D eigenvalue weighted by Gasteiger charge is -2.20. The summed E-state index contributed by atoms with van der Waals surface area (Å²) in [5.74, 6) is -0.612. The third-order valence-electron chi connectivity index (χ3n) is 1.77. The minimum absolute atomic E-state index is 0.134. The Hall–Kier alpha value is -1.30. The second-order valence-corrected chi connectivity index (χ2v) is 5.30. The van der Waals surface area contributed by atoms with Crippen molar-refractivity contribution in [2.24, 2.45) is 0 Å². The third-order valence-corrected chi connectivity index (χ3v) is 2.38. The van der Waals surface area contributed by atoms with E-state index in [1.807, 2.05) is 0 Å². The Morgan fingerprint density at radius 2 is 2.06 bits per heavy atom. The van der Waals surface area contributed by atoms with E-state index in [0.717, 1.165) is 0 Å². The number of amides is 1. The quantitative estimate of drug-likeness (QED) is 0.780. The summed E-state index contributed by atoms with van der Waals surface area (Å²) in [6.07, 6.45) is -0.675. The summed E-state index contributed by atoms with van der Waals surface area (Å²) < 4.78 is 18.7. The maximum absolute atomic E-state index is 13.4. The van der Waals surface area contributed by atoms with Crippen LogP contribution in [0.4, 0.5) is 20.6 Å². The van der Waals surface area contributed by atoms with Crippen LogP contribution in [-0.2, 0) is 4.74 Å². The molecule has 1 rings (SSSR count). The Bertz CT molecular complexity index is 444. The van der Waals surface area contributed by atoms with Crippen LogP contribution in [-0.4, -0.2) is 11.7 Å². The largest absolute Gasteiger partial charge is 0.444 e. The van der Waals surface area contributed by atoms with Gasteiger partial charge in [-0.1, -0.05) is 0 Å². The van der Waals surface area contributed by atoms with Gasteiger partial charge in [-0.05, 0) is 48.8 Å². The number of ether oxygens (including phenoxy) is 1. The smallest absolute Gasteiger partial charge is 0.412 e. The molecule has 0 saturated carbocycles. The molecule has 1 aromatic carbocycles. The average molecular weight is 305 g/mol. The molecular formula is C11H14BrFN2O2. The predicted molar refractivity (Wildman–Crippen MR) is 68.4 cm³/mol. The van der Waals surface area contributed by atoms with Crippen molar-refractivity contribution < 1.29 is 13.9 Å². The van der Waals surface area contributed by atoms with Gasteiger partial charge in [-0.25, -0.2) is 9.18 Å². The Morgan fingerprint density at radius 1 is 1.47 bits per heavy atom. The normalized spacial score (nSPS) is 11.1. The molecule has 4 nitrogen and oxygen atoms in total. The minimum Gasteiger partial charge on any atom is -0.444 e. The Labute approximate surface area is 107 Å². The monoisotopic (exact) mass is 304 g/mol. The number of rotatable bonds is 1. The van der Waals surface area contributed by atoms with Gasteiger partial charge < -0.3 is 10.5 Å². The molecule has 0 spiro atoms. The summed E-state index contributed by atoms with van der Waals surface area (Å²) in [5.41, 5.74) is 4.95. The third kappa shape index (κ3) is 3.89. The number of nitrogens with one attached hydrogen (secondary N) is 1. The fraction of sp³-hybridized carbons (Fsp3) is 0.364. The molecule has 3 N–H and O–H groups in total. The zero-order chi connectivity index (χ0) is 13.2. The van der Waals surface area contributed by atoms with Crippen molar-refractivity contribution in [1.29, 1.82) is 0 Å². The number of anilines is 2. The van der Waals surface area contributed by atoms with Crippen molar-refractivity contribution in [1.82, 2.24) is 0 Å². The van der Waals surface area contributed by atoms with Gasteiger partial charge in [0.1, 0.15) is 5.60 Å². The van der Waals surface area contributed by atoms with Crippen LogP contribution >= 0.6 is 15.9 Å². The highest BCUT2D eigenvalue weighted by molar-refractivity contribution is 9.10. The Balaban J connectivity index is 2.83. The van der Waals surface area contributed by atoms with Crippen LogP contribution in [0.15, 0.2) is 16.6 Å². The first-order chi connectivity index (χ1) is 7.70. The van der Waals surface area contributed by atoms with Crippen molar-refractivity contribution in [2.75, 3.05) is 11.1 Å². The number of benzene rings is 1. The maximum atomic E-state index is 13.4. The summed E-state index contributed by atoms with van der Waals surface area (Å²) in [4.78, 5) is 11.5. The summed E-state index contributed by atoms with van der Waals surface area (Å²) in [6, 6.07) is 2.95. The van der Waals surface area contributed by atoms with E-state index in [2.05, 4.69) is 21.2 Å². The van der Waals surface area contributed by atoms with E-state index >= 15 is 0 Å². The van der Waals surface area contributed by atoms with Crippen LogP contribution in [0, 0.1) is 5.82 Å². The van der Waals surface area contributed by atoms with Crippen molar-refractivity contribution in [3.63, 3.8) is 0 Å². The molecule has 0 unspecified atom stereocenters. The molecule has 0 bridgehead atoms. The highest BCUT2D eigenvalue weighted by Gasteiger charge is 2.18. The molecule has 0 saturated heterocycles. The molecule has 1 aromatic rings. The first-order valence-corrected chi connectivity index (χ1v) is 5.73. The number of carbonyl (C=O) groups excluding carboxylic acids is 1. The summed E-state index contributed by atoms with van der Waals surface area (Å²) >= 11 is 3.00. The van der Waals surface area contributed by atoms with E-state index in [-0.39, 0.29) is 15.8 Å². The van der Waals surface area contributed by atoms with Gasteiger partial charge in [-0.15, -0.1) is 0 Å². The minimum atomic E-state index is -0.675. The first-order valence-electron chi connectivity index (χ1n) is 4.94. The first kappa shape index (κ1) is 13.8. The van der Waals surface area contributed by atoms with E-state index in [1.54, 1.807) is 20.8 Å². The number of nitrogen functional groups attached to an aromatic ring is 1. The van der Waals surface area contributed by atoms with Crippen LogP contribution in [0.2, 0.25) is 0 Å². The van der Waals surface area contributed by atoms with E-state index in [4.69, 9.17) is 10.5 Å². The highest BCUT2D eigenvalue weighted by atomic mass is 79.9. The fourth-order valence-corrected chi connectivity index (χ4v) is 1.43. The molecule has 0 radical (unpaired) electrons. The van der Waals surface area contributed by atoms with Crippen LogP contribution in [0.25, 0.3) is 0 Å². The fourth-order valence-electron chi connectivity index (χ4n) is 1.09. The molecule has 6 heteroatoms. The van der Waals surface area contributed by atoms with Crippen LogP contribution in [0.5, 0.6) is 0 Å². The van der Waals surface area contributed by atoms with Crippen molar-refractivity contribution >= 4 is 33.4 Å². The van der Waals surface area contributed by atoms with Gasteiger partial charge >= 0.3 is 6.09 Å². The number of nitrogens with two attached hydrogens (primary N) is 1. The summed E-state index contributed by atoms with van der Waals surface area (Å²) in [6.45, 7) is 5.20. The van der Waals surface area contributed by atoms with Crippen molar-refractivity contribution in [2.45, 2.75) is 26.4 Å². The summed E-state index contributed by atoms with van der Waals surface area (Å²) in [5, 5.41) is 2.39. The lowest BCUT2D eigenvalue weighted by molar-refractivity contribution is 0.0636. The molecule has 17 heavy (non-hydrogen) atoms. The predicted octanol–water partition coefficient (Wildman–Crippen LogP) is 3.52. The van der Waals surface area contributed by atoms with E-state index in [0.29, 0.717) is 0 Å². The standard InChI is InChI=1S/C11H14BrFN2O2/c1-11(2,3)17-10(16)15-7-5-4-6(12)8(13)9(7)14/h4-5H,14H2,1-3H3,(H,15,16). The molecule has 1 amide bonds. The lowest BCUT2D eigenvalue weighted by atomic mass is 10.2. The maximum Gasteiger partial charge on any atom is 0.412 e. The lowest BCUT2D eigenvalue weighted by Crippen LogP contribution is -2.27. The average Bonchev–Trinajstić information content (AvgIpc) is 2.16. The molecule has 94 valence electrons.